The van der Waals surface area contributed by atoms with E-state index in [-0.39, 0.29) is 46.4 Å². The third kappa shape index (κ3) is 6.17. The normalized spacial score (nSPS) is 15.0. The molecule has 0 unspecified atom stereocenters. The van der Waals surface area contributed by atoms with Crippen molar-refractivity contribution in [3.63, 3.8) is 0 Å². The van der Waals surface area contributed by atoms with E-state index in [4.69, 9.17) is 20.3 Å². The lowest BCUT2D eigenvalue weighted by Gasteiger charge is -2.29. The number of carboxylic acids is 2. The predicted molar refractivity (Wildman–Crippen MR) is 139 cm³/mol. The van der Waals surface area contributed by atoms with Gasteiger partial charge >= 0.3 is 19.1 Å². The monoisotopic (exact) mass is 536 g/mol. The maximum absolute atomic E-state index is 13.2. The van der Waals surface area contributed by atoms with Crippen molar-refractivity contribution in [1.82, 2.24) is 10.3 Å². The SMILES string of the molecule is Nc1nc(/C(=N/OCc2ccccc2)C(=O)N[C@H]2Cc3ccc(/C=C/C(=O)O)c(C(=O)O)c3OB2O)cs1. The standard InChI is InChI=1S/C24H21BN4O8S/c26-24-27-16(12-38-24)20(29-36-11-13-4-2-1-3-5-13)22(32)28-17-10-15-7-6-14(8-9-18(30)31)19(23(33)34)21(15)37-25(17)35/h1-9,12,17,35H,10-11H2,(H2,26,27)(H,28,32)(H,30,31)(H,33,34)/b9-8+,29-20-/t17-/m0/s1. The first-order chi connectivity index (χ1) is 18.2. The van der Waals surface area contributed by atoms with Gasteiger partial charge in [0.15, 0.2) is 10.8 Å². The minimum Gasteiger partial charge on any atom is -0.534 e. The van der Waals surface area contributed by atoms with E-state index in [2.05, 4.69) is 15.5 Å². The first kappa shape index (κ1) is 26.4. The van der Waals surface area contributed by atoms with Crippen molar-refractivity contribution < 1.29 is 39.1 Å². The summed E-state index contributed by atoms with van der Waals surface area (Å²) in [4.78, 5) is 45.4. The summed E-state index contributed by atoms with van der Waals surface area (Å²) in [5, 5.41) is 37.5. The number of carbonyl (C=O) groups excluding carboxylic acids is 1. The molecule has 4 rings (SSSR count). The molecule has 14 heteroatoms. The van der Waals surface area contributed by atoms with Crippen molar-refractivity contribution in [3.8, 4) is 5.75 Å². The first-order valence-electron chi connectivity index (χ1n) is 11.1. The molecule has 0 saturated heterocycles. The number of nitrogens with two attached hydrogens (primary N) is 1. The van der Waals surface area contributed by atoms with E-state index in [1.54, 1.807) is 0 Å². The number of nitrogen functional groups attached to an aromatic ring is 1. The zero-order valence-electron chi connectivity index (χ0n) is 19.6. The van der Waals surface area contributed by atoms with Crippen molar-refractivity contribution >= 4 is 53.2 Å². The number of aromatic nitrogens is 1. The highest BCUT2D eigenvalue weighted by atomic mass is 32.1. The summed E-state index contributed by atoms with van der Waals surface area (Å²) in [5.74, 6) is -4.44. The maximum atomic E-state index is 13.2. The predicted octanol–water partition coefficient (Wildman–Crippen LogP) is 1.58. The number of carboxylic acid groups (broad SMARTS) is 2. The van der Waals surface area contributed by atoms with Crippen LogP contribution in [-0.2, 0) is 27.5 Å². The zero-order chi connectivity index (χ0) is 27.2. The Bertz CT molecular complexity index is 1430. The van der Waals surface area contributed by atoms with Crippen molar-refractivity contribution in [2.45, 2.75) is 19.0 Å². The largest absolute Gasteiger partial charge is 0.547 e. The summed E-state index contributed by atoms with van der Waals surface area (Å²) >= 11 is 1.11. The first-order valence-corrected chi connectivity index (χ1v) is 12.0. The van der Waals surface area contributed by atoms with E-state index >= 15 is 0 Å². The van der Waals surface area contributed by atoms with Crippen LogP contribution in [0.2, 0.25) is 0 Å². The van der Waals surface area contributed by atoms with Crippen LogP contribution in [-0.4, -0.2) is 56.8 Å². The van der Waals surface area contributed by atoms with Crippen molar-refractivity contribution in [3.05, 3.63) is 81.9 Å². The van der Waals surface area contributed by atoms with E-state index in [1.165, 1.54) is 17.5 Å². The van der Waals surface area contributed by atoms with Gasteiger partial charge < -0.3 is 35.8 Å². The quantitative estimate of drug-likeness (QED) is 0.116. The smallest absolute Gasteiger partial charge is 0.534 e. The molecular weight excluding hydrogens is 515 g/mol. The number of fused-ring (bicyclic) bond motifs is 1. The van der Waals surface area contributed by atoms with Gasteiger partial charge in [0.2, 0.25) is 0 Å². The number of carbonyl (C=O) groups is 3. The number of hydrogen-bond donors (Lipinski definition) is 5. The molecular formula is C24H21BN4O8S. The average molecular weight is 536 g/mol. The Morgan fingerprint density at radius 2 is 2.00 bits per heavy atom. The molecule has 2 heterocycles. The Balaban J connectivity index is 1.56. The van der Waals surface area contributed by atoms with Gasteiger partial charge in [0.05, 0.1) is 5.94 Å². The van der Waals surface area contributed by atoms with Crippen LogP contribution in [0.5, 0.6) is 5.75 Å². The Morgan fingerprint density at radius 3 is 2.66 bits per heavy atom. The summed E-state index contributed by atoms with van der Waals surface area (Å²) in [6, 6.07) is 12.1. The summed E-state index contributed by atoms with van der Waals surface area (Å²) in [6.45, 7) is 0.0937. The molecule has 194 valence electrons. The fourth-order valence-electron chi connectivity index (χ4n) is 3.70. The van der Waals surface area contributed by atoms with Crippen molar-refractivity contribution in [2.75, 3.05) is 5.73 Å². The van der Waals surface area contributed by atoms with Crippen LogP contribution in [0.3, 0.4) is 0 Å². The molecule has 0 fully saturated rings. The van der Waals surface area contributed by atoms with Gasteiger partial charge in [0, 0.05) is 11.5 Å². The topological polar surface area (TPSA) is 194 Å². The molecule has 1 aliphatic heterocycles. The fraction of sp³-hybridized carbons (Fsp3) is 0.125. The van der Waals surface area contributed by atoms with Gasteiger partial charge in [0.25, 0.3) is 5.91 Å². The highest BCUT2D eigenvalue weighted by Gasteiger charge is 2.39. The fourth-order valence-corrected chi connectivity index (χ4v) is 4.25. The average Bonchev–Trinajstić information content (AvgIpc) is 3.31. The molecule has 38 heavy (non-hydrogen) atoms. The van der Waals surface area contributed by atoms with Gasteiger partial charge in [-0.1, -0.05) is 47.6 Å². The molecule has 0 saturated carbocycles. The number of nitrogens with zero attached hydrogens (tertiary/aromatic N) is 2. The molecule has 12 nitrogen and oxygen atoms in total. The Labute approximate surface area is 220 Å². The molecule has 1 atom stereocenters. The summed E-state index contributed by atoms with van der Waals surface area (Å²) in [5.41, 5.74) is 6.71. The van der Waals surface area contributed by atoms with Gasteiger partial charge in [-0.05, 0) is 29.2 Å². The maximum Gasteiger partial charge on any atom is 0.547 e. The number of aliphatic carboxylic acids is 1. The number of aromatic carboxylic acids is 1. The summed E-state index contributed by atoms with van der Waals surface area (Å²) in [6.07, 6.45) is 1.93. The van der Waals surface area contributed by atoms with Crippen LogP contribution < -0.4 is 15.7 Å². The molecule has 1 aromatic heterocycles. The third-order valence-electron chi connectivity index (χ3n) is 5.44. The second kappa shape index (κ2) is 11.6. The number of amides is 1. The number of anilines is 1. The zero-order valence-corrected chi connectivity index (χ0v) is 20.4. The number of thiazole rings is 1. The van der Waals surface area contributed by atoms with Crippen LogP contribution in [0, 0.1) is 0 Å². The van der Waals surface area contributed by atoms with Gasteiger partial charge in [-0.25, -0.2) is 14.6 Å². The Kier molecular flexibility index (Phi) is 8.04. The highest BCUT2D eigenvalue weighted by Crippen LogP contribution is 2.33. The molecule has 1 aliphatic rings. The number of oxime groups is 1. The van der Waals surface area contributed by atoms with Crippen molar-refractivity contribution in [2.24, 2.45) is 5.16 Å². The van der Waals surface area contributed by atoms with E-state index in [9.17, 15) is 24.5 Å². The number of hydrogen-bond acceptors (Lipinski definition) is 10. The van der Waals surface area contributed by atoms with E-state index in [1.807, 2.05) is 30.3 Å². The van der Waals surface area contributed by atoms with Gasteiger partial charge in [-0.3, -0.25) is 4.79 Å². The van der Waals surface area contributed by atoms with Crippen LogP contribution in [0.4, 0.5) is 5.13 Å². The lowest BCUT2D eigenvalue weighted by atomic mass is 9.72. The summed E-state index contributed by atoms with van der Waals surface area (Å²) < 4.78 is 5.49. The molecule has 3 aromatic rings. The molecule has 0 spiro atoms. The van der Waals surface area contributed by atoms with Gasteiger partial charge in [-0.15, -0.1) is 11.3 Å². The van der Waals surface area contributed by atoms with Gasteiger partial charge in [0.1, 0.15) is 23.6 Å². The number of benzene rings is 2. The minimum atomic E-state index is -1.62. The molecule has 6 N–H and O–H groups in total. The number of nitrogens with one attached hydrogen (secondary N) is 1. The molecule has 2 aromatic carbocycles. The van der Waals surface area contributed by atoms with Crippen LogP contribution in [0.25, 0.3) is 6.08 Å². The Morgan fingerprint density at radius 1 is 1.24 bits per heavy atom. The van der Waals surface area contributed by atoms with Crippen LogP contribution >= 0.6 is 11.3 Å². The van der Waals surface area contributed by atoms with E-state index in [0.717, 1.165) is 29.1 Å². The molecule has 0 radical (unpaired) electrons. The highest BCUT2D eigenvalue weighted by molar-refractivity contribution is 7.13. The lowest BCUT2D eigenvalue weighted by Crippen LogP contribution is -2.54. The molecule has 0 aliphatic carbocycles. The van der Waals surface area contributed by atoms with Crippen LogP contribution in [0.1, 0.15) is 32.7 Å². The van der Waals surface area contributed by atoms with Crippen molar-refractivity contribution in [1.29, 1.82) is 0 Å². The molecule has 1 amide bonds. The van der Waals surface area contributed by atoms with Crippen LogP contribution in [0.15, 0.2) is 59.1 Å². The van der Waals surface area contributed by atoms with E-state index < -0.39 is 30.9 Å². The summed E-state index contributed by atoms with van der Waals surface area (Å²) in [7, 11) is -1.62. The minimum absolute atomic E-state index is 0.0167. The number of rotatable bonds is 9. The lowest BCUT2D eigenvalue weighted by molar-refractivity contribution is -0.131. The second-order valence-electron chi connectivity index (χ2n) is 8.06. The van der Waals surface area contributed by atoms with E-state index in [0.29, 0.717) is 5.56 Å². The molecule has 0 bridgehead atoms. The third-order valence-corrected chi connectivity index (χ3v) is 6.11. The Hall–Kier alpha value is -4.69. The van der Waals surface area contributed by atoms with Gasteiger partial charge in [-0.2, -0.15) is 0 Å². The second-order valence-corrected chi connectivity index (χ2v) is 8.95.